The number of methoxy groups -OCH3 is 1. The molecule has 0 fully saturated rings. The van der Waals surface area contributed by atoms with Gasteiger partial charge < -0.3 is 19.9 Å². The number of benzene rings is 1. The van der Waals surface area contributed by atoms with Crippen LogP contribution in [0.4, 0.5) is 5.69 Å². The molecule has 116 valence electrons. The summed E-state index contributed by atoms with van der Waals surface area (Å²) in [5, 5.41) is 22.5. The number of carboxylic acid groups (broad SMARTS) is 1. The van der Waals surface area contributed by atoms with Crippen molar-refractivity contribution in [3.05, 3.63) is 28.3 Å². The summed E-state index contributed by atoms with van der Waals surface area (Å²) in [4.78, 5) is 21.1. The highest BCUT2D eigenvalue weighted by Crippen LogP contribution is 2.31. The standard InChI is InChI=1S/C13H18N2O6/c1-3-14-10(13(16)17)6-7-21-11-5-4-9(15(18)19)8-12(11)20-2/h4-5,8,10,14H,3,6-7H2,1-2H3,(H,16,17). The minimum Gasteiger partial charge on any atom is -0.493 e. The number of carbonyl (C=O) groups is 1. The first kappa shape index (κ1) is 16.7. The van der Waals surface area contributed by atoms with Crippen LogP contribution in [-0.2, 0) is 4.79 Å². The molecule has 0 heterocycles. The molecule has 2 N–H and O–H groups in total. The first-order chi connectivity index (χ1) is 9.99. The Labute approximate surface area is 121 Å². The Morgan fingerprint density at radius 3 is 2.71 bits per heavy atom. The Balaban J connectivity index is 2.66. The van der Waals surface area contributed by atoms with Crippen molar-refractivity contribution in [2.45, 2.75) is 19.4 Å². The molecule has 0 aromatic heterocycles. The molecule has 0 bridgehead atoms. The number of nitro benzene ring substituents is 1. The van der Waals surface area contributed by atoms with Gasteiger partial charge in [-0.15, -0.1) is 0 Å². The third-order valence-electron chi connectivity index (χ3n) is 2.77. The second kappa shape index (κ2) is 8.05. The Hall–Kier alpha value is -2.35. The summed E-state index contributed by atoms with van der Waals surface area (Å²) in [6, 6.07) is 3.30. The van der Waals surface area contributed by atoms with E-state index in [1.807, 2.05) is 6.92 Å². The number of hydrogen-bond donors (Lipinski definition) is 2. The van der Waals surface area contributed by atoms with Crippen molar-refractivity contribution in [3.63, 3.8) is 0 Å². The molecule has 21 heavy (non-hydrogen) atoms. The van der Waals surface area contributed by atoms with Crippen molar-refractivity contribution in [1.82, 2.24) is 5.32 Å². The zero-order valence-electron chi connectivity index (χ0n) is 11.9. The highest BCUT2D eigenvalue weighted by Gasteiger charge is 2.17. The molecule has 0 aliphatic heterocycles. The highest BCUT2D eigenvalue weighted by molar-refractivity contribution is 5.73. The van der Waals surface area contributed by atoms with Crippen LogP contribution in [0.3, 0.4) is 0 Å². The van der Waals surface area contributed by atoms with Gasteiger partial charge in [-0.3, -0.25) is 14.9 Å². The zero-order chi connectivity index (χ0) is 15.8. The number of nitrogens with one attached hydrogen (secondary N) is 1. The predicted octanol–water partition coefficient (Wildman–Crippen LogP) is 1.44. The summed E-state index contributed by atoms with van der Waals surface area (Å²) >= 11 is 0. The summed E-state index contributed by atoms with van der Waals surface area (Å²) in [7, 11) is 1.38. The summed E-state index contributed by atoms with van der Waals surface area (Å²) < 4.78 is 10.5. The number of rotatable bonds is 9. The maximum atomic E-state index is 11.0. The molecule has 0 aliphatic rings. The third kappa shape index (κ3) is 4.92. The summed E-state index contributed by atoms with van der Waals surface area (Å²) in [6.45, 7) is 2.51. The first-order valence-electron chi connectivity index (χ1n) is 6.41. The van der Waals surface area contributed by atoms with E-state index in [0.717, 1.165) is 0 Å². The number of ether oxygens (including phenoxy) is 2. The number of likely N-dealkylation sites (N-methyl/N-ethyl adjacent to an activating group) is 1. The molecule has 8 nitrogen and oxygen atoms in total. The van der Waals surface area contributed by atoms with Crippen LogP contribution < -0.4 is 14.8 Å². The van der Waals surface area contributed by atoms with E-state index in [0.29, 0.717) is 12.3 Å². The van der Waals surface area contributed by atoms with Gasteiger partial charge in [-0.05, 0) is 12.6 Å². The first-order valence-corrected chi connectivity index (χ1v) is 6.41. The van der Waals surface area contributed by atoms with Crippen LogP contribution in [0.2, 0.25) is 0 Å². The molecule has 0 amide bonds. The molecule has 1 rings (SSSR count). The van der Waals surface area contributed by atoms with Crippen LogP contribution in [0.25, 0.3) is 0 Å². The van der Waals surface area contributed by atoms with Crippen LogP contribution in [0, 0.1) is 10.1 Å². The quantitative estimate of drug-likeness (QED) is 0.524. The maximum absolute atomic E-state index is 11.0. The van der Waals surface area contributed by atoms with E-state index in [2.05, 4.69) is 5.32 Å². The lowest BCUT2D eigenvalue weighted by Gasteiger charge is -2.14. The fraction of sp³-hybridized carbons (Fsp3) is 0.462. The van der Waals surface area contributed by atoms with Gasteiger partial charge in [0, 0.05) is 12.5 Å². The van der Waals surface area contributed by atoms with Crippen molar-refractivity contribution < 1.29 is 24.3 Å². The van der Waals surface area contributed by atoms with E-state index in [9.17, 15) is 14.9 Å². The van der Waals surface area contributed by atoms with Gasteiger partial charge in [0.25, 0.3) is 5.69 Å². The third-order valence-corrected chi connectivity index (χ3v) is 2.77. The fourth-order valence-electron chi connectivity index (χ4n) is 1.74. The molecular formula is C13H18N2O6. The number of nitro groups is 1. The molecule has 0 spiro atoms. The maximum Gasteiger partial charge on any atom is 0.320 e. The Bertz CT molecular complexity index is 505. The molecular weight excluding hydrogens is 280 g/mol. The number of carboxylic acids is 1. The molecule has 1 atom stereocenters. The summed E-state index contributed by atoms with van der Waals surface area (Å²) in [6.07, 6.45) is 0.267. The zero-order valence-corrected chi connectivity index (χ0v) is 11.9. The SMILES string of the molecule is CCNC(CCOc1ccc([N+](=O)[O-])cc1OC)C(=O)O. The number of non-ortho nitro benzene ring substituents is 1. The van der Waals surface area contributed by atoms with Crippen LogP contribution >= 0.6 is 0 Å². The van der Waals surface area contributed by atoms with Gasteiger partial charge in [0.15, 0.2) is 11.5 Å². The largest absolute Gasteiger partial charge is 0.493 e. The number of nitrogens with zero attached hydrogens (tertiary/aromatic N) is 1. The van der Waals surface area contributed by atoms with E-state index in [-0.39, 0.29) is 24.5 Å². The molecule has 0 aliphatic carbocycles. The van der Waals surface area contributed by atoms with Gasteiger partial charge in [0.2, 0.25) is 0 Å². The topological polar surface area (TPSA) is 111 Å². The molecule has 8 heteroatoms. The predicted molar refractivity (Wildman–Crippen MR) is 74.9 cm³/mol. The van der Waals surface area contributed by atoms with Crippen molar-refractivity contribution in [2.75, 3.05) is 20.3 Å². The van der Waals surface area contributed by atoms with Gasteiger partial charge in [0.1, 0.15) is 6.04 Å². The minimum absolute atomic E-state index is 0.102. The number of hydrogen-bond acceptors (Lipinski definition) is 6. The fourth-order valence-corrected chi connectivity index (χ4v) is 1.74. The van der Waals surface area contributed by atoms with Gasteiger partial charge in [-0.2, -0.15) is 0 Å². The molecule has 1 aromatic rings. The lowest BCUT2D eigenvalue weighted by Crippen LogP contribution is -2.37. The van der Waals surface area contributed by atoms with Crippen molar-refractivity contribution >= 4 is 11.7 Å². The molecule has 0 saturated heterocycles. The van der Waals surface area contributed by atoms with Crippen LogP contribution in [0.15, 0.2) is 18.2 Å². The Kier molecular flexibility index (Phi) is 6.41. The monoisotopic (exact) mass is 298 g/mol. The smallest absolute Gasteiger partial charge is 0.320 e. The molecule has 0 radical (unpaired) electrons. The van der Waals surface area contributed by atoms with Gasteiger partial charge in [0.05, 0.1) is 24.7 Å². The number of aliphatic carboxylic acids is 1. The highest BCUT2D eigenvalue weighted by atomic mass is 16.6. The second-order valence-corrected chi connectivity index (χ2v) is 4.18. The van der Waals surface area contributed by atoms with E-state index in [1.165, 1.54) is 25.3 Å². The van der Waals surface area contributed by atoms with Crippen molar-refractivity contribution in [1.29, 1.82) is 0 Å². The molecule has 0 saturated carbocycles. The van der Waals surface area contributed by atoms with Gasteiger partial charge in [-0.25, -0.2) is 0 Å². The average molecular weight is 298 g/mol. The lowest BCUT2D eigenvalue weighted by molar-refractivity contribution is -0.385. The van der Waals surface area contributed by atoms with E-state index in [1.54, 1.807) is 0 Å². The minimum atomic E-state index is -0.948. The van der Waals surface area contributed by atoms with E-state index >= 15 is 0 Å². The van der Waals surface area contributed by atoms with E-state index < -0.39 is 16.9 Å². The van der Waals surface area contributed by atoms with E-state index in [4.69, 9.17) is 14.6 Å². The normalized spacial score (nSPS) is 11.7. The second-order valence-electron chi connectivity index (χ2n) is 4.18. The lowest BCUT2D eigenvalue weighted by atomic mass is 10.2. The Morgan fingerprint density at radius 1 is 1.48 bits per heavy atom. The van der Waals surface area contributed by atoms with Crippen molar-refractivity contribution in [3.8, 4) is 11.5 Å². The molecule has 1 aromatic carbocycles. The average Bonchev–Trinajstić information content (AvgIpc) is 2.46. The van der Waals surface area contributed by atoms with Crippen LogP contribution in [0.1, 0.15) is 13.3 Å². The van der Waals surface area contributed by atoms with Gasteiger partial charge in [-0.1, -0.05) is 6.92 Å². The summed E-state index contributed by atoms with van der Waals surface area (Å²) in [5.41, 5.74) is -0.102. The van der Waals surface area contributed by atoms with Crippen LogP contribution in [-0.4, -0.2) is 42.3 Å². The van der Waals surface area contributed by atoms with Crippen molar-refractivity contribution in [2.24, 2.45) is 0 Å². The van der Waals surface area contributed by atoms with Crippen LogP contribution in [0.5, 0.6) is 11.5 Å². The molecule has 1 unspecified atom stereocenters. The Morgan fingerprint density at radius 2 is 2.19 bits per heavy atom. The summed E-state index contributed by atoms with van der Waals surface area (Å²) in [5.74, 6) is -0.376. The van der Waals surface area contributed by atoms with Gasteiger partial charge >= 0.3 is 5.97 Å².